The number of ketones is 1. The molecule has 70 valence electrons. The van der Waals surface area contributed by atoms with Crippen molar-refractivity contribution in [3.8, 4) is 0 Å². The summed E-state index contributed by atoms with van der Waals surface area (Å²) in [5.74, 6) is 0.435. The Morgan fingerprint density at radius 3 is 2.77 bits per heavy atom. The molecule has 2 nitrogen and oxygen atoms in total. The molecule has 0 spiro atoms. The van der Waals surface area contributed by atoms with Gasteiger partial charge in [0.25, 0.3) is 0 Å². The maximum Gasteiger partial charge on any atom is 0.162 e. The lowest BCUT2D eigenvalue weighted by molar-refractivity contribution is 0.0987. The lowest BCUT2D eigenvalue weighted by Gasteiger charge is -2.05. The van der Waals surface area contributed by atoms with Gasteiger partial charge in [0, 0.05) is 23.6 Å². The van der Waals surface area contributed by atoms with Crippen LogP contribution in [0.2, 0.25) is 0 Å². The predicted octanol–water partition coefficient (Wildman–Crippen LogP) is 2.60. The molecular weight excluding hydrogens is 186 g/mol. The summed E-state index contributed by atoms with van der Waals surface area (Å²) in [6.45, 7) is 1.82. The molecule has 0 unspecified atom stereocenters. The summed E-state index contributed by atoms with van der Waals surface area (Å²) in [7, 11) is 0. The van der Waals surface area contributed by atoms with Gasteiger partial charge < -0.3 is 5.73 Å². The van der Waals surface area contributed by atoms with Crippen LogP contribution in [0.5, 0.6) is 0 Å². The average molecular weight is 198 g/mol. The summed E-state index contributed by atoms with van der Waals surface area (Å²) in [6.07, 6.45) is 0.480. The van der Waals surface area contributed by atoms with Crippen molar-refractivity contribution in [2.45, 2.75) is 19.2 Å². The summed E-state index contributed by atoms with van der Waals surface area (Å²) in [5.41, 5.74) is 7.68. The zero-order valence-electron chi connectivity index (χ0n) is 7.51. The van der Waals surface area contributed by atoms with Gasteiger partial charge in [0.1, 0.15) is 0 Å². The Morgan fingerprint density at radius 1 is 1.54 bits per heavy atom. The number of hydrogen-bond acceptors (Lipinski definition) is 2. The monoisotopic (exact) mass is 197 g/mol. The number of benzene rings is 1. The van der Waals surface area contributed by atoms with Crippen LogP contribution < -0.4 is 5.73 Å². The number of anilines is 1. The Bertz CT molecular complexity index is 323. The molecule has 2 N–H and O–H groups in total. The van der Waals surface area contributed by atoms with Gasteiger partial charge in [-0.25, -0.2) is 0 Å². The van der Waals surface area contributed by atoms with E-state index in [-0.39, 0.29) is 5.78 Å². The summed E-state index contributed by atoms with van der Waals surface area (Å²) < 4.78 is 0. The minimum atomic E-state index is 0.0861. The summed E-state index contributed by atoms with van der Waals surface area (Å²) >= 11 is 5.69. The number of alkyl halides is 1. The molecule has 0 aliphatic carbocycles. The first-order valence-corrected chi connectivity index (χ1v) is 4.70. The van der Waals surface area contributed by atoms with E-state index < -0.39 is 0 Å². The SMILES string of the molecule is CCC(=O)c1cc(N)ccc1CCl. The molecule has 1 aromatic carbocycles. The smallest absolute Gasteiger partial charge is 0.162 e. The van der Waals surface area contributed by atoms with E-state index in [1.54, 1.807) is 18.2 Å². The highest BCUT2D eigenvalue weighted by Gasteiger charge is 2.08. The van der Waals surface area contributed by atoms with Crippen molar-refractivity contribution >= 4 is 23.1 Å². The molecule has 0 amide bonds. The summed E-state index contributed by atoms with van der Waals surface area (Å²) in [6, 6.07) is 5.24. The van der Waals surface area contributed by atoms with E-state index in [1.807, 2.05) is 6.92 Å². The van der Waals surface area contributed by atoms with Crippen molar-refractivity contribution < 1.29 is 4.79 Å². The molecular formula is C10H12ClNO. The van der Waals surface area contributed by atoms with E-state index >= 15 is 0 Å². The highest BCUT2D eigenvalue weighted by atomic mass is 35.5. The third-order valence-corrected chi connectivity index (χ3v) is 2.19. The molecule has 13 heavy (non-hydrogen) atoms. The van der Waals surface area contributed by atoms with Gasteiger partial charge >= 0.3 is 0 Å². The fourth-order valence-corrected chi connectivity index (χ4v) is 1.39. The fraction of sp³-hybridized carbons (Fsp3) is 0.300. The van der Waals surface area contributed by atoms with Crippen molar-refractivity contribution in [1.29, 1.82) is 0 Å². The first-order valence-electron chi connectivity index (χ1n) is 4.16. The van der Waals surface area contributed by atoms with Crippen LogP contribution in [0.25, 0.3) is 0 Å². The molecule has 0 saturated heterocycles. The molecule has 3 heteroatoms. The predicted molar refractivity (Wildman–Crippen MR) is 55.0 cm³/mol. The van der Waals surface area contributed by atoms with Crippen LogP contribution >= 0.6 is 11.6 Å². The van der Waals surface area contributed by atoms with Gasteiger partial charge in [-0.05, 0) is 17.7 Å². The van der Waals surface area contributed by atoms with Crippen LogP contribution in [0.3, 0.4) is 0 Å². The van der Waals surface area contributed by atoms with E-state index in [2.05, 4.69) is 0 Å². The van der Waals surface area contributed by atoms with Gasteiger partial charge in [0.05, 0.1) is 0 Å². The molecule has 0 heterocycles. The Morgan fingerprint density at radius 2 is 2.23 bits per heavy atom. The van der Waals surface area contributed by atoms with Crippen LogP contribution in [-0.2, 0) is 5.88 Å². The molecule has 0 saturated carbocycles. The van der Waals surface area contributed by atoms with Gasteiger partial charge in [0.2, 0.25) is 0 Å². The molecule has 0 atom stereocenters. The minimum Gasteiger partial charge on any atom is -0.399 e. The molecule has 0 radical (unpaired) electrons. The first kappa shape index (κ1) is 10.1. The van der Waals surface area contributed by atoms with Crippen molar-refractivity contribution in [2.24, 2.45) is 0 Å². The Hall–Kier alpha value is -1.02. The Labute approximate surface area is 82.7 Å². The van der Waals surface area contributed by atoms with Gasteiger partial charge in [-0.3, -0.25) is 4.79 Å². The standard InChI is InChI=1S/C10H12ClNO/c1-2-10(13)9-5-8(12)4-3-7(9)6-11/h3-5H,2,6,12H2,1H3. The molecule has 0 aliphatic heterocycles. The third kappa shape index (κ3) is 2.22. The quantitative estimate of drug-likeness (QED) is 0.460. The van der Waals surface area contributed by atoms with E-state index in [0.29, 0.717) is 23.6 Å². The first-order chi connectivity index (χ1) is 6.19. The van der Waals surface area contributed by atoms with E-state index in [1.165, 1.54) is 0 Å². The average Bonchev–Trinajstić information content (AvgIpc) is 2.16. The van der Waals surface area contributed by atoms with E-state index in [9.17, 15) is 4.79 Å². The number of carbonyl (C=O) groups excluding carboxylic acids is 1. The molecule has 1 rings (SSSR count). The second kappa shape index (κ2) is 4.28. The summed E-state index contributed by atoms with van der Waals surface area (Å²) in [4.78, 5) is 11.4. The lowest BCUT2D eigenvalue weighted by atomic mass is 10.0. The minimum absolute atomic E-state index is 0.0861. The second-order valence-electron chi connectivity index (χ2n) is 2.83. The van der Waals surface area contributed by atoms with Crippen LogP contribution in [0.4, 0.5) is 5.69 Å². The van der Waals surface area contributed by atoms with E-state index in [0.717, 1.165) is 5.56 Å². The molecule has 0 fully saturated rings. The Balaban J connectivity index is 3.15. The highest BCUT2D eigenvalue weighted by molar-refractivity contribution is 6.17. The van der Waals surface area contributed by atoms with Crippen molar-refractivity contribution in [2.75, 3.05) is 5.73 Å². The number of carbonyl (C=O) groups is 1. The van der Waals surface area contributed by atoms with Crippen LogP contribution in [0.15, 0.2) is 18.2 Å². The number of Topliss-reactive ketones (excluding diaryl/α,β-unsaturated/α-hetero) is 1. The van der Waals surface area contributed by atoms with Gasteiger partial charge in [0.15, 0.2) is 5.78 Å². The molecule has 0 aliphatic rings. The van der Waals surface area contributed by atoms with Crippen LogP contribution in [0, 0.1) is 0 Å². The zero-order chi connectivity index (χ0) is 9.84. The maximum absolute atomic E-state index is 11.4. The van der Waals surface area contributed by atoms with Crippen molar-refractivity contribution in [3.05, 3.63) is 29.3 Å². The maximum atomic E-state index is 11.4. The zero-order valence-corrected chi connectivity index (χ0v) is 8.27. The number of hydrogen-bond donors (Lipinski definition) is 1. The molecule has 0 aromatic heterocycles. The van der Waals surface area contributed by atoms with Crippen LogP contribution in [0.1, 0.15) is 29.3 Å². The topological polar surface area (TPSA) is 43.1 Å². The molecule has 1 aromatic rings. The van der Waals surface area contributed by atoms with Crippen molar-refractivity contribution in [3.63, 3.8) is 0 Å². The highest BCUT2D eigenvalue weighted by Crippen LogP contribution is 2.17. The normalized spacial score (nSPS) is 10.0. The Kier molecular flexibility index (Phi) is 3.32. The van der Waals surface area contributed by atoms with Crippen LogP contribution in [-0.4, -0.2) is 5.78 Å². The largest absolute Gasteiger partial charge is 0.399 e. The number of nitrogens with two attached hydrogens (primary N) is 1. The number of rotatable bonds is 3. The number of halogens is 1. The fourth-order valence-electron chi connectivity index (χ4n) is 1.16. The second-order valence-corrected chi connectivity index (χ2v) is 3.09. The van der Waals surface area contributed by atoms with Crippen molar-refractivity contribution in [1.82, 2.24) is 0 Å². The lowest BCUT2D eigenvalue weighted by Crippen LogP contribution is -2.02. The van der Waals surface area contributed by atoms with Gasteiger partial charge in [-0.15, -0.1) is 11.6 Å². The van der Waals surface area contributed by atoms with Gasteiger partial charge in [-0.2, -0.15) is 0 Å². The third-order valence-electron chi connectivity index (χ3n) is 1.90. The number of nitrogen functional groups attached to an aromatic ring is 1. The summed E-state index contributed by atoms with van der Waals surface area (Å²) in [5, 5.41) is 0. The van der Waals surface area contributed by atoms with E-state index in [4.69, 9.17) is 17.3 Å². The van der Waals surface area contributed by atoms with Gasteiger partial charge in [-0.1, -0.05) is 13.0 Å². The molecule has 0 bridgehead atoms.